The molecule has 8 heteroatoms. The van der Waals surface area contributed by atoms with E-state index < -0.39 is 52.0 Å². The molecular formula is C13H4F8. The molecule has 2 aromatic carbocycles. The number of halogens is 8. The van der Waals surface area contributed by atoms with Crippen molar-refractivity contribution in [2.24, 2.45) is 0 Å². The van der Waals surface area contributed by atoms with Crippen molar-refractivity contribution in [1.82, 2.24) is 0 Å². The van der Waals surface area contributed by atoms with Crippen LogP contribution in [0, 0.1) is 29.1 Å². The minimum absolute atomic E-state index is 0.502. The van der Waals surface area contributed by atoms with E-state index in [1.807, 2.05) is 0 Å². The first-order valence-corrected chi connectivity index (χ1v) is 5.33. The van der Waals surface area contributed by atoms with E-state index in [4.69, 9.17) is 0 Å². The van der Waals surface area contributed by atoms with Crippen LogP contribution in [0.15, 0.2) is 24.3 Å². The molecule has 2 aromatic rings. The van der Waals surface area contributed by atoms with E-state index in [2.05, 4.69) is 0 Å². The molecule has 0 spiro atoms. The van der Waals surface area contributed by atoms with Crippen LogP contribution in [-0.4, -0.2) is 0 Å². The van der Waals surface area contributed by atoms with Gasteiger partial charge in [0.15, 0.2) is 23.3 Å². The molecule has 0 radical (unpaired) electrons. The van der Waals surface area contributed by atoms with Gasteiger partial charge < -0.3 is 0 Å². The summed E-state index contributed by atoms with van der Waals surface area (Å²) in [7, 11) is 0. The van der Waals surface area contributed by atoms with Crippen LogP contribution in [0.2, 0.25) is 0 Å². The Balaban J connectivity index is 2.79. The Morgan fingerprint density at radius 3 is 1.43 bits per heavy atom. The Bertz CT molecular complexity index is 656. The highest BCUT2D eigenvalue weighted by atomic mass is 19.4. The zero-order valence-corrected chi connectivity index (χ0v) is 9.83. The molecule has 0 fully saturated rings. The third-order valence-electron chi connectivity index (χ3n) is 2.68. The fourth-order valence-electron chi connectivity index (χ4n) is 1.75. The van der Waals surface area contributed by atoms with Crippen LogP contribution in [0.4, 0.5) is 35.1 Å². The van der Waals surface area contributed by atoms with Crippen molar-refractivity contribution in [2.45, 2.75) is 6.18 Å². The standard InChI is InChI=1S/C13H4F8/c14-6-3-1-5(2-4-6)7-9(15)11(17)8(13(19,20)21)12(18)10(7)16/h1-4H. The van der Waals surface area contributed by atoms with Gasteiger partial charge in [-0.25, -0.2) is 22.0 Å². The van der Waals surface area contributed by atoms with Gasteiger partial charge in [-0.15, -0.1) is 0 Å². The second-order valence-electron chi connectivity index (χ2n) is 4.01. The summed E-state index contributed by atoms with van der Waals surface area (Å²) in [5.41, 5.74) is -4.49. The molecule has 0 saturated carbocycles. The maximum absolute atomic E-state index is 13.6. The molecule has 0 bridgehead atoms. The van der Waals surface area contributed by atoms with E-state index in [9.17, 15) is 35.1 Å². The van der Waals surface area contributed by atoms with Crippen molar-refractivity contribution in [3.05, 3.63) is 58.9 Å². The van der Waals surface area contributed by atoms with Crippen LogP contribution in [0.25, 0.3) is 11.1 Å². The minimum Gasteiger partial charge on any atom is -0.207 e. The number of hydrogen-bond acceptors (Lipinski definition) is 0. The van der Waals surface area contributed by atoms with Gasteiger partial charge in [0.25, 0.3) is 0 Å². The quantitative estimate of drug-likeness (QED) is 0.509. The largest absolute Gasteiger partial charge is 0.422 e. The zero-order chi connectivity index (χ0) is 15.9. The molecule has 0 aliphatic carbocycles. The Morgan fingerprint density at radius 1 is 0.619 bits per heavy atom. The van der Waals surface area contributed by atoms with Crippen molar-refractivity contribution >= 4 is 0 Å². The Labute approximate surface area is 112 Å². The van der Waals surface area contributed by atoms with Gasteiger partial charge in [0, 0.05) is 0 Å². The van der Waals surface area contributed by atoms with Crippen molar-refractivity contribution < 1.29 is 35.1 Å². The van der Waals surface area contributed by atoms with Gasteiger partial charge in [0.05, 0.1) is 5.56 Å². The molecule has 0 aliphatic heterocycles. The van der Waals surface area contributed by atoms with Crippen molar-refractivity contribution in [3.8, 4) is 11.1 Å². The second kappa shape index (κ2) is 5.01. The van der Waals surface area contributed by atoms with Gasteiger partial charge >= 0.3 is 6.18 Å². The van der Waals surface area contributed by atoms with Gasteiger partial charge in [0.2, 0.25) is 0 Å². The fraction of sp³-hybridized carbons (Fsp3) is 0.0769. The highest BCUT2D eigenvalue weighted by Gasteiger charge is 2.42. The smallest absolute Gasteiger partial charge is 0.207 e. The summed E-state index contributed by atoms with van der Waals surface area (Å²) in [6.07, 6.45) is -5.60. The summed E-state index contributed by atoms with van der Waals surface area (Å²) in [6.45, 7) is 0. The molecular weight excluding hydrogens is 308 g/mol. The van der Waals surface area contributed by atoms with E-state index in [-0.39, 0.29) is 0 Å². The topological polar surface area (TPSA) is 0 Å². The molecule has 0 saturated heterocycles. The summed E-state index contributed by atoms with van der Waals surface area (Å²) in [4.78, 5) is 0. The Kier molecular flexibility index (Phi) is 3.65. The normalized spacial score (nSPS) is 11.8. The van der Waals surface area contributed by atoms with Crippen LogP contribution >= 0.6 is 0 Å². The van der Waals surface area contributed by atoms with Crippen molar-refractivity contribution in [2.75, 3.05) is 0 Å². The zero-order valence-electron chi connectivity index (χ0n) is 9.83. The maximum Gasteiger partial charge on any atom is 0.422 e. The number of benzene rings is 2. The van der Waals surface area contributed by atoms with E-state index in [0.29, 0.717) is 0 Å². The monoisotopic (exact) mass is 312 g/mol. The molecule has 0 atom stereocenters. The van der Waals surface area contributed by atoms with Crippen LogP contribution in [0.1, 0.15) is 5.56 Å². The van der Waals surface area contributed by atoms with Crippen LogP contribution in [-0.2, 0) is 6.18 Å². The lowest BCUT2D eigenvalue weighted by molar-refractivity contribution is -0.143. The fourth-order valence-corrected chi connectivity index (χ4v) is 1.75. The van der Waals surface area contributed by atoms with E-state index >= 15 is 0 Å². The first-order valence-electron chi connectivity index (χ1n) is 5.33. The summed E-state index contributed by atoms with van der Waals surface area (Å²) >= 11 is 0. The molecule has 0 heterocycles. The average molecular weight is 312 g/mol. The number of rotatable bonds is 1. The summed E-state index contributed by atoms with van der Waals surface area (Å²) in [5.74, 6) is -10.3. The van der Waals surface area contributed by atoms with E-state index in [1.54, 1.807) is 0 Å². The van der Waals surface area contributed by atoms with Crippen molar-refractivity contribution in [3.63, 3.8) is 0 Å². The lowest BCUT2D eigenvalue weighted by Crippen LogP contribution is -2.16. The Hall–Kier alpha value is -2.12. The summed E-state index contributed by atoms with van der Waals surface area (Å²) < 4.78 is 104. The highest BCUT2D eigenvalue weighted by molar-refractivity contribution is 5.66. The van der Waals surface area contributed by atoms with Gasteiger partial charge in [-0.3, -0.25) is 0 Å². The molecule has 112 valence electrons. The van der Waals surface area contributed by atoms with Crippen molar-refractivity contribution in [1.29, 1.82) is 0 Å². The SMILES string of the molecule is Fc1ccc(-c2c(F)c(F)c(C(F)(F)F)c(F)c2F)cc1. The van der Waals surface area contributed by atoms with Gasteiger partial charge in [-0.2, -0.15) is 13.2 Å². The number of hydrogen-bond donors (Lipinski definition) is 0. The molecule has 0 nitrogen and oxygen atoms in total. The van der Waals surface area contributed by atoms with Crippen LogP contribution in [0.5, 0.6) is 0 Å². The van der Waals surface area contributed by atoms with Crippen LogP contribution < -0.4 is 0 Å². The second-order valence-corrected chi connectivity index (χ2v) is 4.01. The lowest BCUT2D eigenvalue weighted by Gasteiger charge is -2.14. The molecule has 21 heavy (non-hydrogen) atoms. The third-order valence-corrected chi connectivity index (χ3v) is 2.68. The maximum atomic E-state index is 13.6. The molecule has 0 unspecified atom stereocenters. The Morgan fingerprint density at radius 2 is 1.05 bits per heavy atom. The predicted molar refractivity (Wildman–Crippen MR) is 56.7 cm³/mol. The summed E-state index contributed by atoms with van der Waals surface area (Å²) in [6, 6.07) is 3.04. The molecule has 2 rings (SSSR count). The summed E-state index contributed by atoms with van der Waals surface area (Å²) in [5, 5.41) is 0. The molecule has 0 aliphatic rings. The van der Waals surface area contributed by atoms with Gasteiger partial charge in [-0.05, 0) is 17.7 Å². The molecule has 0 N–H and O–H groups in total. The minimum atomic E-state index is -5.60. The third kappa shape index (κ3) is 2.57. The predicted octanol–water partition coefficient (Wildman–Crippen LogP) is 5.07. The molecule has 0 aromatic heterocycles. The van der Waals surface area contributed by atoms with Gasteiger partial charge in [0.1, 0.15) is 11.4 Å². The average Bonchev–Trinajstić information content (AvgIpc) is 2.37. The first-order chi connectivity index (χ1) is 9.64. The lowest BCUT2D eigenvalue weighted by atomic mass is 10.0. The van der Waals surface area contributed by atoms with Crippen LogP contribution in [0.3, 0.4) is 0 Å². The highest BCUT2D eigenvalue weighted by Crippen LogP contribution is 2.39. The van der Waals surface area contributed by atoms with Gasteiger partial charge in [-0.1, -0.05) is 12.1 Å². The molecule has 0 amide bonds. The van der Waals surface area contributed by atoms with E-state index in [1.165, 1.54) is 0 Å². The first kappa shape index (κ1) is 15.3. The van der Waals surface area contributed by atoms with E-state index in [0.717, 1.165) is 24.3 Å². The number of alkyl halides is 3.